The maximum absolute atomic E-state index is 11.0. The highest BCUT2D eigenvalue weighted by molar-refractivity contribution is 9.10. The number of rotatable bonds is 4. The molecule has 0 saturated carbocycles. The van der Waals surface area contributed by atoms with Crippen molar-refractivity contribution in [1.29, 1.82) is 0 Å². The van der Waals surface area contributed by atoms with Crippen LogP contribution >= 0.6 is 15.9 Å². The minimum atomic E-state index is -0.826. The number of carbonyl (C=O) groups is 1. The van der Waals surface area contributed by atoms with Gasteiger partial charge >= 0.3 is 5.97 Å². The molecule has 1 atom stereocenters. The van der Waals surface area contributed by atoms with E-state index in [1.807, 2.05) is 43.3 Å². The summed E-state index contributed by atoms with van der Waals surface area (Å²) in [6.07, 6.45) is 0.549. The van der Waals surface area contributed by atoms with Crippen LogP contribution in [0.2, 0.25) is 0 Å². The van der Waals surface area contributed by atoms with Gasteiger partial charge in [-0.15, -0.1) is 0 Å². The number of fused-ring (bicyclic) bond motifs is 1. The maximum Gasteiger partial charge on any atom is 0.326 e. The molecule has 0 bridgehead atoms. The fraction of sp³-hybridized carbons (Fsp3) is 0.214. The molecule has 0 fully saturated rings. The van der Waals surface area contributed by atoms with E-state index in [0.29, 0.717) is 6.42 Å². The van der Waals surface area contributed by atoms with Crippen LogP contribution in [0.3, 0.4) is 0 Å². The monoisotopic (exact) mass is 307 g/mol. The Balaban J connectivity index is 2.30. The van der Waals surface area contributed by atoms with Gasteiger partial charge in [0.15, 0.2) is 0 Å². The molecule has 2 N–H and O–H groups in total. The van der Waals surface area contributed by atoms with Crippen molar-refractivity contribution in [2.75, 3.05) is 5.32 Å². The van der Waals surface area contributed by atoms with Gasteiger partial charge in [0.2, 0.25) is 0 Å². The molecule has 2 aromatic rings. The molecule has 0 heterocycles. The van der Waals surface area contributed by atoms with Crippen molar-refractivity contribution in [2.45, 2.75) is 19.4 Å². The smallest absolute Gasteiger partial charge is 0.326 e. The third-order valence-electron chi connectivity index (χ3n) is 2.85. The van der Waals surface area contributed by atoms with Crippen LogP contribution in [0, 0.1) is 0 Å². The van der Waals surface area contributed by atoms with Crippen molar-refractivity contribution in [3.63, 3.8) is 0 Å². The minimum Gasteiger partial charge on any atom is -0.480 e. The molecule has 0 aromatic heterocycles. The summed E-state index contributed by atoms with van der Waals surface area (Å²) in [5, 5.41) is 14.2. The molecule has 94 valence electrons. The van der Waals surface area contributed by atoms with Crippen molar-refractivity contribution in [3.8, 4) is 0 Å². The Kier molecular flexibility index (Phi) is 3.87. The highest BCUT2D eigenvalue weighted by Gasteiger charge is 2.14. The summed E-state index contributed by atoms with van der Waals surface area (Å²) in [6.45, 7) is 1.85. The van der Waals surface area contributed by atoms with Crippen LogP contribution < -0.4 is 5.32 Å². The molecule has 2 aromatic carbocycles. The number of carboxylic acids is 1. The molecule has 3 nitrogen and oxygen atoms in total. The zero-order valence-electron chi connectivity index (χ0n) is 9.98. The van der Waals surface area contributed by atoms with Gasteiger partial charge in [-0.1, -0.05) is 35.0 Å². The number of halogens is 1. The zero-order valence-corrected chi connectivity index (χ0v) is 11.6. The first-order chi connectivity index (χ1) is 8.60. The third-order valence-corrected chi connectivity index (χ3v) is 3.34. The van der Waals surface area contributed by atoms with Crippen molar-refractivity contribution < 1.29 is 9.90 Å². The molecule has 0 spiro atoms. The molecule has 2 rings (SSSR count). The molecule has 18 heavy (non-hydrogen) atoms. The van der Waals surface area contributed by atoms with Gasteiger partial charge < -0.3 is 10.4 Å². The summed E-state index contributed by atoms with van der Waals surface area (Å²) >= 11 is 3.43. The van der Waals surface area contributed by atoms with E-state index in [0.717, 1.165) is 20.9 Å². The molecule has 0 aliphatic carbocycles. The topological polar surface area (TPSA) is 49.3 Å². The predicted octanol–water partition coefficient (Wildman–Crippen LogP) is 3.88. The highest BCUT2D eigenvalue weighted by atomic mass is 79.9. The molecule has 0 saturated heterocycles. The first kappa shape index (κ1) is 12.9. The molecule has 0 aliphatic heterocycles. The number of aliphatic carboxylic acids is 1. The van der Waals surface area contributed by atoms with E-state index in [2.05, 4.69) is 21.2 Å². The molecular weight excluding hydrogens is 294 g/mol. The summed E-state index contributed by atoms with van der Waals surface area (Å²) in [5.74, 6) is -0.826. The van der Waals surface area contributed by atoms with E-state index >= 15 is 0 Å². The number of nitrogens with one attached hydrogen (secondary N) is 1. The molecule has 1 unspecified atom stereocenters. The van der Waals surface area contributed by atoms with Gasteiger partial charge in [0.1, 0.15) is 6.04 Å². The van der Waals surface area contributed by atoms with Crippen molar-refractivity contribution in [3.05, 3.63) is 40.9 Å². The Bertz CT molecular complexity index is 583. The molecule has 0 amide bonds. The van der Waals surface area contributed by atoms with Gasteiger partial charge in [-0.05, 0) is 41.5 Å². The summed E-state index contributed by atoms with van der Waals surface area (Å²) in [7, 11) is 0. The average molecular weight is 308 g/mol. The number of carboxylic acid groups (broad SMARTS) is 1. The Morgan fingerprint density at radius 1 is 1.28 bits per heavy atom. The summed E-state index contributed by atoms with van der Waals surface area (Å²) in [5.41, 5.74) is 0.832. The van der Waals surface area contributed by atoms with E-state index in [9.17, 15) is 4.79 Å². The van der Waals surface area contributed by atoms with Gasteiger partial charge in [-0.2, -0.15) is 0 Å². The van der Waals surface area contributed by atoms with Crippen LogP contribution in [0.15, 0.2) is 40.9 Å². The van der Waals surface area contributed by atoms with Crippen LogP contribution in [0.1, 0.15) is 13.3 Å². The van der Waals surface area contributed by atoms with E-state index in [4.69, 9.17) is 5.11 Å². The number of hydrogen-bond donors (Lipinski definition) is 2. The molecule has 4 heteroatoms. The van der Waals surface area contributed by atoms with Gasteiger partial charge in [0, 0.05) is 10.2 Å². The van der Waals surface area contributed by atoms with Crippen molar-refractivity contribution in [1.82, 2.24) is 0 Å². The van der Waals surface area contributed by atoms with Crippen LogP contribution in [-0.2, 0) is 4.79 Å². The number of anilines is 1. The fourth-order valence-corrected chi connectivity index (χ4v) is 2.22. The summed E-state index contributed by atoms with van der Waals surface area (Å²) in [6, 6.07) is 11.3. The lowest BCUT2D eigenvalue weighted by Gasteiger charge is -2.14. The quantitative estimate of drug-likeness (QED) is 0.901. The van der Waals surface area contributed by atoms with Crippen LogP contribution in [0.4, 0.5) is 5.69 Å². The Hall–Kier alpha value is -1.55. The number of benzene rings is 2. The fourth-order valence-electron chi connectivity index (χ4n) is 1.85. The average Bonchev–Trinajstić information content (AvgIpc) is 2.35. The summed E-state index contributed by atoms with van der Waals surface area (Å²) < 4.78 is 1.03. The van der Waals surface area contributed by atoms with Gasteiger partial charge in [0.05, 0.1) is 0 Å². The first-order valence-corrected chi connectivity index (χ1v) is 6.58. The second-order valence-corrected chi connectivity index (χ2v) is 5.07. The van der Waals surface area contributed by atoms with Crippen LogP contribution in [0.5, 0.6) is 0 Å². The lowest BCUT2D eigenvalue weighted by Crippen LogP contribution is -2.28. The van der Waals surface area contributed by atoms with Crippen LogP contribution in [0.25, 0.3) is 10.8 Å². The Morgan fingerprint density at radius 3 is 2.61 bits per heavy atom. The van der Waals surface area contributed by atoms with E-state index in [-0.39, 0.29) is 0 Å². The predicted molar refractivity (Wildman–Crippen MR) is 77.0 cm³/mol. The normalized spacial score (nSPS) is 12.3. The van der Waals surface area contributed by atoms with Gasteiger partial charge in [-0.3, -0.25) is 0 Å². The van der Waals surface area contributed by atoms with Crippen molar-refractivity contribution in [2.24, 2.45) is 0 Å². The highest BCUT2D eigenvalue weighted by Crippen LogP contribution is 2.23. The largest absolute Gasteiger partial charge is 0.480 e. The number of hydrogen-bond acceptors (Lipinski definition) is 2. The summed E-state index contributed by atoms with van der Waals surface area (Å²) in [4.78, 5) is 11.0. The first-order valence-electron chi connectivity index (χ1n) is 5.79. The molecule has 0 radical (unpaired) electrons. The van der Waals surface area contributed by atoms with E-state index in [1.165, 1.54) is 0 Å². The lowest BCUT2D eigenvalue weighted by atomic mass is 10.1. The lowest BCUT2D eigenvalue weighted by molar-refractivity contribution is -0.137. The van der Waals surface area contributed by atoms with E-state index in [1.54, 1.807) is 0 Å². The molecular formula is C14H14BrNO2. The SMILES string of the molecule is CCC(Nc1ccc2cc(Br)ccc2c1)C(=O)O. The second kappa shape index (κ2) is 5.40. The Labute approximate surface area is 114 Å². The van der Waals surface area contributed by atoms with E-state index < -0.39 is 12.0 Å². The minimum absolute atomic E-state index is 0.544. The van der Waals surface area contributed by atoms with Crippen LogP contribution in [-0.4, -0.2) is 17.1 Å². The zero-order chi connectivity index (χ0) is 13.1. The second-order valence-electron chi connectivity index (χ2n) is 4.15. The Morgan fingerprint density at radius 2 is 1.94 bits per heavy atom. The molecule has 0 aliphatic rings. The van der Waals surface area contributed by atoms with Crippen molar-refractivity contribution >= 4 is 38.4 Å². The van der Waals surface area contributed by atoms with Gasteiger partial charge in [-0.25, -0.2) is 4.79 Å². The maximum atomic E-state index is 11.0. The standard InChI is InChI=1S/C14H14BrNO2/c1-2-13(14(17)18)16-12-6-4-9-7-11(15)5-3-10(9)8-12/h3-8,13,16H,2H2,1H3,(H,17,18). The third kappa shape index (κ3) is 2.82. The van der Waals surface area contributed by atoms with Gasteiger partial charge in [0.25, 0.3) is 0 Å².